The Hall–Kier alpha value is -1.02. The standard InChI is InChI=1S/C9H13NO/c1-3-8(10)7-5-6-11-9(7)4-2/h3,5-6,8H,1,4,10H2,2H3/t8-/m0/s1. The zero-order valence-electron chi connectivity index (χ0n) is 6.71. The summed E-state index contributed by atoms with van der Waals surface area (Å²) in [7, 11) is 0. The van der Waals surface area contributed by atoms with E-state index < -0.39 is 0 Å². The second-order valence-corrected chi connectivity index (χ2v) is 2.41. The average Bonchev–Trinajstić information content (AvgIpc) is 2.50. The van der Waals surface area contributed by atoms with Crippen molar-refractivity contribution >= 4 is 0 Å². The molecule has 60 valence electrons. The molecule has 0 spiro atoms. The van der Waals surface area contributed by atoms with Gasteiger partial charge in [0, 0.05) is 12.0 Å². The van der Waals surface area contributed by atoms with E-state index in [9.17, 15) is 0 Å². The molecular weight excluding hydrogens is 138 g/mol. The molecule has 0 aliphatic rings. The second-order valence-electron chi connectivity index (χ2n) is 2.41. The van der Waals surface area contributed by atoms with Crippen LogP contribution in [0, 0.1) is 0 Å². The molecule has 1 rings (SSSR count). The van der Waals surface area contributed by atoms with E-state index in [-0.39, 0.29) is 6.04 Å². The van der Waals surface area contributed by atoms with Gasteiger partial charge < -0.3 is 10.2 Å². The van der Waals surface area contributed by atoms with E-state index >= 15 is 0 Å². The lowest BCUT2D eigenvalue weighted by molar-refractivity contribution is 0.509. The van der Waals surface area contributed by atoms with Gasteiger partial charge >= 0.3 is 0 Å². The van der Waals surface area contributed by atoms with Crippen molar-refractivity contribution in [3.63, 3.8) is 0 Å². The fraction of sp³-hybridized carbons (Fsp3) is 0.333. The highest BCUT2D eigenvalue weighted by molar-refractivity contribution is 5.24. The normalized spacial score (nSPS) is 12.9. The number of hydrogen-bond donors (Lipinski definition) is 1. The van der Waals surface area contributed by atoms with Crippen molar-refractivity contribution in [1.82, 2.24) is 0 Å². The zero-order chi connectivity index (χ0) is 8.27. The molecule has 0 saturated heterocycles. The van der Waals surface area contributed by atoms with Crippen LogP contribution in [0.5, 0.6) is 0 Å². The van der Waals surface area contributed by atoms with Crippen molar-refractivity contribution < 1.29 is 4.42 Å². The smallest absolute Gasteiger partial charge is 0.108 e. The average molecular weight is 151 g/mol. The highest BCUT2D eigenvalue weighted by Gasteiger charge is 2.08. The lowest BCUT2D eigenvalue weighted by Crippen LogP contribution is -2.07. The predicted molar refractivity (Wildman–Crippen MR) is 45.2 cm³/mol. The molecule has 0 aliphatic carbocycles. The Labute approximate surface area is 66.7 Å². The van der Waals surface area contributed by atoms with Gasteiger partial charge in [-0.3, -0.25) is 0 Å². The van der Waals surface area contributed by atoms with E-state index in [1.165, 1.54) is 0 Å². The molecule has 2 N–H and O–H groups in total. The van der Waals surface area contributed by atoms with Crippen LogP contribution in [0.25, 0.3) is 0 Å². The van der Waals surface area contributed by atoms with Gasteiger partial charge in [-0.1, -0.05) is 13.0 Å². The maximum absolute atomic E-state index is 5.74. The zero-order valence-corrected chi connectivity index (χ0v) is 6.71. The number of hydrogen-bond acceptors (Lipinski definition) is 2. The summed E-state index contributed by atoms with van der Waals surface area (Å²) < 4.78 is 5.21. The molecule has 0 unspecified atom stereocenters. The van der Waals surface area contributed by atoms with Crippen LogP contribution < -0.4 is 5.73 Å². The van der Waals surface area contributed by atoms with Crippen LogP contribution in [0.4, 0.5) is 0 Å². The van der Waals surface area contributed by atoms with Crippen LogP contribution in [-0.4, -0.2) is 0 Å². The van der Waals surface area contributed by atoms with Crippen molar-refractivity contribution in [3.05, 3.63) is 36.3 Å². The van der Waals surface area contributed by atoms with Gasteiger partial charge in [-0.15, -0.1) is 6.58 Å². The Bertz CT molecular complexity index is 239. The van der Waals surface area contributed by atoms with E-state index in [0.29, 0.717) is 0 Å². The summed E-state index contributed by atoms with van der Waals surface area (Å²) in [5, 5.41) is 0. The van der Waals surface area contributed by atoms with E-state index in [2.05, 4.69) is 6.58 Å². The molecule has 0 saturated carbocycles. The largest absolute Gasteiger partial charge is 0.469 e. The Kier molecular flexibility index (Phi) is 2.49. The minimum absolute atomic E-state index is 0.0938. The quantitative estimate of drug-likeness (QED) is 0.671. The minimum atomic E-state index is -0.0938. The molecule has 1 aromatic heterocycles. The van der Waals surface area contributed by atoms with E-state index in [1.54, 1.807) is 12.3 Å². The van der Waals surface area contributed by atoms with Crippen LogP contribution >= 0.6 is 0 Å². The van der Waals surface area contributed by atoms with Gasteiger partial charge in [-0.05, 0) is 6.07 Å². The maximum Gasteiger partial charge on any atom is 0.108 e. The lowest BCUT2D eigenvalue weighted by Gasteiger charge is -2.03. The first kappa shape index (κ1) is 8.08. The van der Waals surface area contributed by atoms with E-state index in [4.69, 9.17) is 10.2 Å². The Morgan fingerprint density at radius 3 is 3.09 bits per heavy atom. The minimum Gasteiger partial charge on any atom is -0.469 e. The molecule has 11 heavy (non-hydrogen) atoms. The molecule has 0 aromatic carbocycles. The van der Waals surface area contributed by atoms with Crippen LogP contribution in [-0.2, 0) is 6.42 Å². The summed E-state index contributed by atoms with van der Waals surface area (Å²) in [6, 6.07) is 1.80. The van der Waals surface area contributed by atoms with Crippen LogP contribution in [0.15, 0.2) is 29.4 Å². The molecule has 0 aliphatic heterocycles. The van der Waals surface area contributed by atoms with Crippen molar-refractivity contribution in [2.45, 2.75) is 19.4 Å². The molecule has 1 atom stereocenters. The molecule has 0 bridgehead atoms. The molecule has 0 amide bonds. The number of aryl methyl sites for hydroxylation is 1. The second kappa shape index (κ2) is 3.39. The first-order valence-corrected chi connectivity index (χ1v) is 3.74. The molecular formula is C9H13NO. The van der Waals surface area contributed by atoms with Gasteiger partial charge in [-0.2, -0.15) is 0 Å². The summed E-state index contributed by atoms with van der Waals surface area (Å²) in [5.74, 6) is 0.956. The fourth-order valence-electron chi connectivity index (χ4n) is 1.06. The first-order valence-electron chi connectivity index (χ1n) is 3.74. The highest BCUT2D eigenvalue weighted by atomic mass is 16.3. The summed E-state index contributed by atoms with van der Waals surface area (Å²) in [6.07, 6.45) is 4.26. The molecule has 1 heterocycles. The predicted octanol–water partition coefficient (Wildman–Crippen LogP) is 2.03. The van der Waals surface area contributed by atoms with Crippen LogP contribution in [0.1, 0.15) is 24.3 Å². The summed E-state index contributed by atoms with van der Waals surface area (Å²) in [6.45, 7) is 5.67. The third-order valence-electron chi connectivity index (χ3n) is 1.71. The van der Waals surface area contributed by atoms with Gasteiger partial charge in [0.25, 0.3) is 0 Å². The molecule has 2 heteroatoms. The van der Waals surface area contributed by atoms with Crippen molar-refractivity contribution in [3.8, 4) is 0 Å². The highest BCUT2D eigenvalue weighted by Crippen LogP contribution is 2.18. The van der Waals surface area contributed by atoms with Crippen molar-refractivity contribution in [2.75, 3.05) is 0 Å². The first-order chi connectivity index (χ1) is 5.29. The van der Waals surface area contributed by atoms with E-state index in [0.717, 1.165) is 17.7 Å². The SMILES string of the molecule is C=C[C@H](N)c1ccoc1CC. The Morgan fingerprint density at radius 2 is 2.55 bits per heavy atom. The van der Waals surface area contributed by atoms with Gasteiger partial charge in [-0.25, -0.2) is 0 Å². The lowest BCUT2D eigenvalue weighted by atomic mass is 10.1. The monoisotopic (exact) mass is 151 g/mol. The number of rotatable bonds is 3. The summed E-state index contributed by atoms with van der Waals surface area (Å²) >= 11 is 0. The Morgan fingerprint density at radius 1 is 1.82 bits per heavy atom. The molecule has 0 fully saturated rings. The van der Waals surface area contributed by atoms with Gasteiger partial charge in [0.2, 0.25) is 0 Å². The van der Waals surface area contributed by atoms with Crippen LogP contribution in [0.3, 0.4) is 0 Å². The van der Waals surface area contributed by atoms with Crippen molar-refractivity contribution in [2.24, 2.45) is 5.73 Å². The van der Waals surface area contributed by atoms with Gasteiger partial charge in [0.15, 0.2) is 0 Å². The third kappa shape index (κ3) is 1.52. The van der Waals surface area contributed by atoms with Gasteiger partial charge in [0.1, 0.15) is 5.76 Å². The van der Waals surface area contributed by atoms with Crippen LogP contribution in [0.2, 0.25) is 0 Å². The maximum atomic E-state index is 5.74. The molecule has 0 radical (unpaired) electrons. The van der Waals surface area contributed by atoms with Crippen molar-refractivity contribution in [1.29, 1.82) is 0 Å². The Balaban J connectivity index is 2.91. The number of furan rings is 1. The molecule has 1 aromatic rings. The topological polar surface area (TPSA) is 39.2 Å². The molecule has 2 nitrogen and oxygen atoms in total. The summed E-state index contributed by atoms with van der Waals surface area (Å²) in [4.78, 5) is 0. The number of nitrogens with two attached hydrogens (primary N) is 1. The summed E-state index contributed by atoms with van der Waals surface area (Å²) in [5.41, 5.74) is 6.78. The fourth-order valence-corrected chi connectivity index (χ4v) is 1.06. The third-order valence-corrected chi connectivity index (χ3v) is 1.71. The van der Waals surface area contributed by atoms with E-state index in [1.807, 2.05) is 13.0 Å². The van der Waals surface area contributed by atoms with Gasteiger partial charge in [0.05, 0.1) is 12.3 Å².